The van der Waals surface area contributed by atoms with Crippen molar-refractivity contribution in [2.45, 2.75) is 45.6 Å². The number of imidazole rings is 1. The molecule has 4 nitrogen and oxygen atoms in total. The standard InChI is InChI=1S/C14H21N3O/c1-11(17-9-8-15-12(17)2)14(18)16-10-13-6-4-3-5-7-13/h6,8-9,11H,3-5,7,10H2,1-2H3,(H,16,18). The summed E-state index contributed by atoms with van der Waals surface area (Å²) in [5.41, 5.74) is 1.36. The molecule has 1 aromatic heterocycles. The first-order valence-electron chi connectivity index (χ1n) is 6.63. The summed E-state index contributed by atoms with van der Waals surface area (Å²) >= 11 is 0. The van der Waals surface area contributed by atoms with Crippen molar-refractivity contribution in [1.29, 1.82) is 0 Å². The molecule has 0 aliphatic heterocycles. The molecule has 1 amide bonds. The molecular weight excluding hydrogens is 226 g/mol. The number of carbonyl (C=O) groups is 1. The molecule has 98 valence electrons. The van der Waals surface area contributed by atoms with Crippen LogP contribution in [0.3, 0.4) is 0 Å². The first kappa shape index (κ1) is 12.9. The van der Waals surface area contributed by atoms with Crippen molar-refractivity contribution in [3.8, 4) is 0 Å². The lowest BCUT2D eigenvalue weighted by Gasteiger charge is -2.17. The van der Waals surface area contributed by atoms with Crippen LogP contribution in [0.15, 0.2) is 24.0 Å². The van der Waals surface area contributed by atoms with Crippen LogP contribution in [0, 0.1) is 6.92 Å². The molecule has 0 aromatic carbocycles. The Labute approximate surface area is 108 Å². The molecule has 0 saturated heterocycles. The van der Waals surface area contributed by atoms with Crippen LogP contribution in [0.1, 0.15) is 44.5 Å². The second-order valence-electron chi connectivity index (χ2n) is 4.88. The van der Waals surface area contributed by atoms with Gasteiger partial charge in [0.15, 0.2) is 0 Å². The van der Waals surface area contributed by atoms with E-state index in [1.54, 1.807) is 6.20 Å². The van der Waals surface area contributed by atoms with Gasteiger partial charge in [0.25, 0.3) is 0 Å². The van der Waals surface area contributed by atoms with Gasteiger partial charge >= 0.3 is 0 Å². The Bertz CT molecular complexity index is 448. The molecule has 0 fully saturated rings. The van der Waals surface area contributed by atoms with Crippen LogP contribution in [-0.4, -0.2) is 22.0 Å². The number of aromatic nitrogens is 2. The predicted molar refractivity (Wildman–Crippen MR) is 71.2 cm³/mol. The van der Waals surface area contributed by atoms with E-state index >= 15 is 0 Å². The minimum absolute atomic E-state index is 0.0579. The fraction of sp³-hybridized carbons (Fsp3) is 0.571. The molecule has 18 heavy (non-hydrogen) atoms. The van der Waals surface area contributed by atoms with Crippen LogP contribution in [0.4, 0.5) is 0 Å². The van der Waals surface area contributed by atoms with Crippen LogP contribution < -0.4 is 5.32 Å². The Kier molecular flexibility index (Phi) is 4.18. The Morgan fingerprint density at radius 1 is 1.56 bits per heavy atom. The fourth-order valence-corrected chi connectivity index (χ4v) is 2.34. The summed E-state index contributed by atoms with van der Waals surface area (Å²) in [7, 11) is 0. The minimum atomic E-state index is -0.198. The first-order valence-corrected chi connectivity index (χ1v) is 6.63. The van der Waals surface area contributed by atoms with Crippen LogP contribution in [0.2, 0.25) is 0 Å². The SMILES string of the molecule is Cc1nccn1C(C)C(=O)NCC1=CCCCC1. The van der Waals surface area contributed by atoms with Crippen molar-refractivity contribution in [1.82, 2.24) is 14.9 Å². The third-order valence-corrected chi connectivity index (χ3v) is 3.53. The number of nitrogens with zero attached hydrogens (tertiary/aromatic N) is 2. The third kappa shape index (κ3) is 3.00. The van der Waals surface area contributed by atoms with Gasteiger partial charge in [-0.1, -0.05) is 11.6 Å². The van der Waals surface area contributed by atoms with Crippen LogP contribution in [0.5, 0.6) is 0 Å². The topological polar surface area (TPSA) is 46.9 Å². The Morgan fingerprint density at radius 3 is 3.00 bits per heavy atom. The highest BCUT2D eigenvalue weighted by Crippen LogP contribution is 2.16. The Morgan fingerprint density at radius 2 is 2.39 bits per heavy atom. The maximum Gasteiger partial charge on any atom is 0.243 e. The van der Waals surface area contributed by atoms with Gasteiger partial charge in [-0.25, -0.2) is 4.98 Å². The number of allylic oxidation sites excluding steroid dienone is 1. The summed E-state index contributed by atoms with van der Waals surface area (Å²) in [5.74, 6) is 0.928. The van der Waals surface area contributed by atoms with Crippen LogP contribution in [0.25, 0.3) is 0 Å². The van der Waals surface area contributed by atoms with Gasteiger partial charge in [-0.15, -0.1) is 0 Å². The summed E-state index contributed by atoms with van der Waals surface area (Å²) in [6.45, 7) is 4.50. The molecule has 1 aliphatic rings. The monoisotopic (exact) mass is 247 g/mol. The summed E-state index contributed by atoms with van der Waals surface area (Å²) in [6.07, 6.45) is 10.6. The van der Waals surface area contributed by atoms with E-state index in [0.29, 0.717) is 6.54 Å². The number of hydrogen-bond donors (Lipinski definition) is 1. The highest BCUT2D eigenvalue weighted by molar-refractivity contribution is 5.80. The molecule has 1 aliphatic carbocycles. The highest BCUT2D eigenvalue weighted by Gasteiger charge is 2.16. The molecule has 1 heterocycles. The average molecular weight is 247 g/mol. The molecule has 1 N–H and O–H groups in total. The van der Waals surface area contributed by atoms with Gasteiger partial charge in [0.05, 0.1) is 0 Å². The first-order chi connectivity index (χ1) is 8.68. The fourth-order valence-electron chi connectivity index (χ4n) is 2.34. The van der Waals surface area contributed by atoms with E-state index in [4.69, 9.17) is 0 Å². The summed E-state index contributed by atoms with van der Waals surface area (Å²) < 4.78 is 1.89. The van der Waals surface area contributed by atoms with Gasteiger partial charge in [0.1, 0.15) is 11.9 Å². The molecule has 4 heteroatoms. The van der Waals surface area contributed by atoms with E-state index in [1.807, 2.05) is 24.6 Å². The summed E-state index contributed by atoms with van der Waals surface area (Å²) in [4.78, 5) is 16.2. The maximum atomic E-state index is 12.0. The van der Waals surface area contributed by atoms with E-state index in [-0.39, 0.29) is 11.9 Å². The molecule has 1 unspecified atom stereocenters. The van der Waals surface area contributed by atoms with Gasteiger partial charge in [0, 0.05) is 18.9 Å². The van der Waals surface area contributed by atoms with E-state index in [2.05, 4.69) is 16.4 Å². The van der Waals surface area contributed by atoms with Gasteiger partial charge in [0.2, 0.25) is 5.91 Å². The molecule has 0 saturated carbocycles. The lowest BCUT2D eigenvalue weighted by molar-refractivity contribution is -0.123. The zero-order chi connectivity index (χ0) is 13.0. The number of nitrogens with one attached hydrogen (secondary N) is 1. The summed E-state index contributed by atoms with van der Waals surface area (Å²) in [6, 6.07) is -0.198. The summed E-state index contributed by atoms with van der Waals surface area (Å²) in [5, 5.41) is 3.01. The molecular formula is C14H21N3O. The smallest absolute Gasteiger partial charge is 0.243 e. The molecule has 0 radical (unpaired) electrons. The van der Waals surface area contributed by atoms with Crippen LogP contribution in [-0.2, 0) is 4.79 Å². The number of carbonyl (C=O) groups excluding carboxylic acids is 1. The second kappa shape index (κ2) is 5.85. The number of amides is 1. The largest absolute Gasteiger partial charge is 0.351 e. The quantitative estimate of drug-likeness (QED) is 0.830. The minimum Gasteiger partial charge on any atom is -0.351 e. The van der Waals surface area contributed by atoms with Crippen molar-refractivity contribution in [3.63, 3.8) is 0 Å². The number of aryl methyl sites for hydroxylation is 1. The maximum absolute atomic E-state index is 12.0. The van der Waals surface area contributed by atoms with Crippen molar-refractivity contribution in [3.05, 3.63) is 29.9 Å². The molecule has 1 atom stereocenters. The Hall–Kier alpha value is -1.58. The molecule has 2 rings (SSSR count). The molecule has 0 bridgehead atoms. The predicted octanol–water partition coefficient (Wildman–Crippen LogP) is 2.37. The lowest BCUT2D eigenvalue weighted by Crippen LogP contribution is -2.32. The third-order valence-electron chi connectivity index (χ3n) is 3.53. The molecule has 0 spiro atoms. The average Bonchev–Trinajstić information content (AvgIpc) is 2.82. The van der Waals surface area contributed by atoms with Gasteiger partial charge in [-0.05, 0) is 39.5 Å². The van der Waals surface area contributed by atoms with E-state index in [0.717, 1.165) is 18.7 Å². The zero-order valence-corrected chi connectivity index (χ0v) is 11.1. The molecule has 1 aromatic rings. The zero-order valence-electron chi connectivity index (χ0n) is 11.1. The second-order valence-corrected chi connectivity index (χ2v) is 4.88. The highest BCUT2D eigenvalue weighted by atomic mass is 16.2. The number of hydrogen-bond acceptors (Lipinski definition) is 2. The van der Waals surface area contributed by atoms with Gasteiger partial charge in [-0.2, -0.15) is 0 Å². The van der Waals surface area contributed by atoms with Crippen molar-refractivity contribution >= 4 is 5.91 Å². The van der Waals surface area contributed by atoms with Crippen LogP contribution >= 0.6 is 0 Å². The van der Waals surface area contributed by atoms with Crippen molar-refractivity contribution in [2.75, 3.05) is 6.54 Å². The van der Waals surface area contributed by atoms with Crippen molar-refractivity contribution < 1.29 is 4.79 Å². The lowest BCUT2D eigenvalue weighted by atomic mass is 10.00. The van der Waals surface area contributed by atoms with E-state index in [1.165, 1.54) is 18.4 Å². The normalized spacial score (nSPS) is 17.1. The van der Waals surface area contributed by atoms with Crippen molar-refractivity contribution in [2.24, 2.45) is 0 Å². The number of rotatable bonds is 4. The van der Waals surface area contributed by atoms with E-state index < -0.39 is 0 Å². The Balaban J connectivity index is 1.88. The van der Waals surface area contributed by atoms with Gasteiger partial charge in [-0.3, -0.25) is 4.79 Å². The van der Waals surface area contributed by atoms with Gasteiger partial charge < -0.3 is 9.88 Å². The van der Waals surface area contributed by atoms with E-state index in [9.17, 15) is 4.79 Å².